The fourth-order valence-corrected chi connectivity index (χ4v) is 2.21. The highest BCUT2D eigenvalue weighted by atomic mass is 16.4. The molecule has 0 saturated carbocycles. The van der Waals surface area contributed by atoms with Crippen molar-refractivity contribution in [2.75, 3.05) is 13.1 Å². The van der Waals surface area contributed by atoms with Crippen molar-refractivity contribution in [3.8, 4) is 0 Å². The Morgan fingerprint density at radius 2 is 2.32 bits per heavy atom. The minimum Gasteiger partial charge on any atom is -0.481 e. The van der Waals surface area contributed by atoms with E-state index >= 15 is 0 Å². The number of nitrogens with two attached hydrogens (primary N) is 1. The lowest BCUT2D eigenvalue weighted by atomic mass is 9.90. The second kappa shape index (κ2) is 4.97. The highest BCUT2D eigenvalue weighted by Crippen LogP contribution is 2.30. The van der Waals surface area contributed by atoms with E-state index in [0.29, 0.717) is 24.2 Å². The third-order valence-electron chi connectivity index (χ3n) is 3.55. The summed E-state index contributed by atoms with van der Waals surface area (Å²) in [6.45, 7) is 2.64. The van der Waals surface area contributed by atoms with Crippen LogP contribution in [0.1, 0.15) is 29.4 Å². The number of hydrogen-bond donors (Lipinski definition) is 2. The van der Waals surface area contributed by atoms with Crippen molar-refractivity contribution in [1.82, 2.24) is 9.88 Å². The standard InChI is InChI=1S/C13H17N3O3/c1-13(12(18)19)3-5-16(8-13)11(17)9-2-4-15-10(6-9)7-14/h2,4,6H,3,5,7-8,14H2,1H3,(H,18,19). The zero-order chi connectivity index (χ0) is 14.0. The van der Waals surface area contributed by atoms with Crippen LogP contribution in [0.3, 0.4) is 0 Å². The highest BCUT2D eigenvalue weighted by molar-refractivity contribution is 5.95. The molecule has 0 aromatic carbocycles. The maximum absolute atomic E-state index is 12.3. The SMILES string of the molecule is CC1(C(=O)O)CCN(C(=O)c2ccnc(CN)c2)C1. The third kappa shape index (κ3) is 2.58. The first-order valence-corrected chi connectivity index (χ1v) is 6.14. The maximum atomic E-state index is 12.3. The molecule has 0 aliphatic carbocycles. The second-order valence-electron chi connectivity index (χ2n) is 5.08. The predicted octanol–water partition coefficient (Wildman–Crippen LogP) is 0.477. The van der Waals surface area contributed by atoms with Crippen molar-refractivity contribution in [2.24, 2.45) is 11.1 Å². The first-order valence-electron chi connectivity index (χ1n) is 6.14. The van der Waals surface area contributed by atoms with Crippen LogP contribution in [-0.4, -0.2) is 40.0 Å². The Morgan fingerprint density at radius 1 is 1.58 bits per heavy atom. The lowest BCUT2D eigenvalue weighted by molar-refractivity contribution is -0.147. The Bertz CT molecular complexity index is 518. The van der Waals surface area contributed by atoms with Gasteiger partial charge in [0.2, 0.25) is 0 Å². The monoisotopic (exact) mass is 263 g/mol. The zero-order valence-corrected chi connectivity index (χ0v) is 10.8. The van der Waals surface area contributed by atoms with Crippen LogP contribution in [-0.2, 0) is 11.3 Å². The number of carboxylic acid groups (broad SMARTS) is 1. The van der Waals surface area contributed by atoms with E-state index in [9.17, 15) is 9.59 Å². The first kappa shape index (κ1) is 13.5. The van der Waals surface area contributed by atoms with E-state index in [0.717, 1.165) is 0 Å². The van der Waals surface area contributed by atoms with Crippen molar-refractivity contribution in [1.29, 1.82) is 0 Å². The second-order valence-corrected chi connectivity index (χ2v) is 5.08. The summed E-state index contributed by atoms with van der Waals surface area (Å²) in [6, 6.07) is 3.27. The quantitative estimate of drug-likeness (QED) is 0.826. The zero-order valence-electron chi connectivity index (χ0n) is 10.8. The number of nitrogens with zero attached hydrogens (tertiary/aromatic N) is 2. The molecule has 3 N–H and O–H groups in total. The number of carboxylic acids is 1. The summed E-state index contributed by atoms with van der Waals surface area (Å²) >= 11 is 0. The molecule has 1 aromatic rings. The van der Waals surface area contributed by atoms with E-state index in [1.807, 2.05) is 0 Å². The summed E-state index contributed by atoms with van der Waals surface area (Å²) in [7, 11) is 0. The van der Waals surface area contributed by atoms with Gasteiger partial charge in [-0.2, -0.15) is 0 Å². The Hall–Kier alpha value is -1.95. The smallest absolute Gasteiger partial charge is 0.311 e. The van der Waals surface area contributed by atoms with Crippen LogP contribution in [0.25, 0.3) is 0 Å². The number of amides is 1. The Morgan fingerprint density at radius 3 is 2.89 bits per heavy atom. The van der Waals surface area contributed by atoms with Gasteiger partial charge in [-0.05, 0) is 25.5 Å². The molecule has 1 amide bonds. The van der Waals surface area contributed by atoms with Gasteiger partial charge < -0.3 is 15.7 Å². The summed E-state index contributed by atoms with van der Waals surface area (Å²) in [5, 5.41) is 9.16. The molecular weight excluding hydrogens is 246 g/mol. The van der Waals surface area contributed by atoms with Gasteiger partial charge in [-0.25, -0.2) is 0 Å². The Balaban J connectivity index is 2.15. The molecule has 0 spiro atoms. The summed E-state index contributed by atoms with van der Waals surface area (Å²) in [5.41, 5.74) is 5.79. The van der Waals surface area contributed by atoms with Crippen molar-refractivity contribution in [2.45, 2.75) is 19.9 Å². The molecule has 102 valence electrons. The topological polar surface area (TPSA) is 96.5 Å². The largest absolute Gasteiger partial charge is 0.481 e. The molecule has 0 bridgehead atoms. The van der Waals surface area contributed by atoms with E-state index in [1.54, 1.807) is 30.2 Å². The molecule has 1 aromatic heterocycles. The van der Waals surface area contributed by atoms with Crippen LogP contribution in [0, 0.1) is 5.41 Å². The number of carbonyl (C=O) groups excluding carboxylic acids is 1. The van der Waals surface area contributed by atoms with Crippen LogP contribution < -0.4 is 5.73 Å². The van der Waals surface area contributed by atoms with Crippen LogP contribution in [0.2, 0.25) is 0 Å². The van der Waals surface area contributed by atoms with Crippen LogP contribution in [0.4, 0.5) is 0 Å². The van der Waals surface area contributed by atoms with Gasteiger partial charge >= 0.3 is 5.97 Å². The summed E-state index contributed by atoms with van der Waals surface area (Å²) in [4.78, 5) is 29.1. The summed E-state index contributed by atoms with van der Waals surface area (Å²) < 4.78 is 0. The number of aliphatic carboxylic acids is 1. The van der Waals surface area contributed by atoms with Gasteiger partial charge in [0.1, 0.15) is 0 Å². The molecule has 1 saturated heterocycles. The lowest BCUT2D eigenvalue weighted by Gasteiger charge is -2.20. The van der Waals surface area contributed by atoms with Gasteiger partial charge in [0, 0.05) is 31.4 Å². The minimum absolute atomic E-state index is 0.165. The molecule has 19 heavy (non-hydrogen) atoms. The van der Waals surface area contributed by atoms with E-state index in [2.05, 4.69) is 4.98 Å². The van der Waals surface area contributed by atoms with E-state index < -0.39 is 11.4 Å². The molecule has 0 radical (unpaired) electrons. The highest BCUT2D eigenvalue weighted by Gasteiger charge is 2.42. The van der Waals surface area contributed by atoms with Gasteiger partial charge in [0.05, 0.1) is 11.1 Å². The number of rotatable bonds is 3. The third-order valence-corrected chi connectivity index (χ3v) is 3.55. The number of pyridine rings is 1. The number of likely N-dealkylation sites (tertiary alicyclic amines) is 1. The first-order chi connectivity index (χ1) is 8.96. The number of hydrogen-bond acceptors (Lipinski definition) is 4. The van der Waals surface area contributed by atoms with Crippen molar-refractivity contribution in [3.05, 3.63) is 29.6 Å². The van der Waals surface area contributed by atoms with E-state index in [4.69, 9.17) is 10.8 Å². The van der Waals surface area contributed by atoms with E-state index in [-0.39, 0.29) is 19.0 Å². The molecule has 1 aliphatic rings. The van der Waals surface area contributed by atoms with Gasteiger partial charge in [0.15, 0.2) is 0 Å². The van der Waals surface area contributed by atoms with Gasteiger partial charge in [-0.1, -0.05) is 0 Å². The molecule has 6 heteroatoms. The minimum atomic E-state index is -0.861. The number of carbonyl (C=O) groups is 2. The Kier molecular flexibility index (Phi) is 3.53. The van der Waals surface area contributed by atoms with Crippen molar-refractivity contribution >= 4 is 11.9 Å². The fourth-order valence-electron chi connectivity index (χ4n) is 2.21. The fraction of sp³-hybridized carbons (Fsp3) is 0.462. The summed E-state index contributed by atoms with van der Waals surface area (Å²) in [6.07, 6.45) is 2.02. The van der Waals surface area contributed by atoms with Gasteiger partial charge in [-0.15, -0.1) is 0 Å². The Labute approximate surface area is 111 Å². The molecule has 1 unspecified atom stereocenters. The molecular formula is C13H17N3O3. The van der Waals surface area contributed by atoms with Crippen molar-refractivity contribution in [3.63, 3.8) is 0 Å². The molecule has 2 heterocycles. The molecule has 1 atom stereocenters. The van der Waals surface area contributed by atoms with Crippen LogP contribution in [0.15, 0.2) is 18.3 Å². The molecule has 1 aliphatic heterocycles. The number of aromatic nitrogens is 1. The average Bonchev–Trinajstić information content (AvgIpc) is 2.82. The lowest BCUT2D eigenvalue weighted by Crippen LogP contribution is -2.34. The van der Waals surface area contributed by atoms with E-state index in [1.165, 1.54) is 0 Å². The average molecular weight is 263 g/mol. The van der Waals surface area contributed by atoms with Crippen LogP contribution in [0.5, 0.6) is 0 Å². The maximum Gasteiger partial charge on any atom is 0.311 e. The van der Waals surface area contributed by atoms with Crippen molar-refractivity contribution < 1.29 is 14.7 Å². The molecule has 6 nitrogen and oxygen atoms in total. The molecule has 2 rings (SSSR count). The van der Waals surface area contributed by atoms with Gasteiger partial charge in [0.25, 0.3) is 5.91 Å². The molecule has 1 fully saturated rings. The van der Waals surface area contributed by atoms with Crippen LogP contribution >= 0.6 is 0 Å². The summed E-state index contributed by atoms with van der Waals surface area (Å²) in [5.74, 6) is -1.03. The van der Waals surface area contributed by atoms with Gasteiger partial charge in [-0.3, -0.25) is 14.6 Å². The predicted molar refractivity (Wildman–Crippen MR) is 68.4 cm³/mol. The normalized spacial score (nSPS) is 22.5.